The third kappa shape index (κ3) is 2.52. The average molecular weight is 247 g/mol. The van der Waals surface area contributed by atoms with Gasteiger partial charge in [0.15, 0.2) is 0 Å². The third-order valence-electron chi connectivity index (χ3n) is 4.11. The summed E-state index contributed by atoms with van der Waals surface area (Å²) in [6.07, 6.45) is 4.69. The molecule has 2 unspecified atom stereocenters. The Balaban J connectivity index is 1.59. The topological polar surface area (TPSA) is 41.5 Å². The lowest BCUT2D eigenvalue weighted by molar-refractivity contribution is 0.0538. The molecule has 1 aromatic rings. The van der Waals surface area contributed by atoms with Crippen molar-refractivity contribution in [1.29, 1.82) is 0 Å². The zero-order valence-electron chi connectivity index (χ0n) is 10.7. The number of nitrogens with one attached hydrogen (secondary N) is 1. The summed E-state index contributed by atoms with van der Waals surface area (Å²) in [5.74, 6) is 1.05. The predicted octanol–water partition coefficient (Wildman–Crippen LogP) is 2.40. The first-order valence-corrected chi connectivity index (χ1v) is 6.96. The Morgan fingerprint density at radius 2 is 2.28 bits per heavy atom. The first-order valence-electron chi connectivity index (χ1n) is 6.96. The molecule has 0 saturated carbocycles. The number of hydrogen-bond donors (Lipinski definition) is 2. The van der Waals surface area contributed by atoms with E-state index in [1.165, 1.54) is 24.0 Å². The zero-order chi connectivity index (χ0) is 12.4. The van der Waals surface area contributed by atoms with E-state index in [-0.39, 0.29) is 0 Å². The number of hydrogen-bond acceptors (Lipinski definition) is 3. The summed E-state index contributed by atoms with van der Waals surface area (Å²) < 4.78 is 5.51. The number of phenolic OH excluding ortho intramolecular Hbond substituents is 1. The molecule has 18 heavy (non-hydrogen) atoms. The molecule has 0 spiro atoms. The van der Waals surface area contributed by atoms with E-state index in [1.54, 1.807) is 6.07 Å². The third-order valence-corrected chi connectivity index (χ3v) is 4.11. The summed E-state index contributed by atoms with van der Waals surface area (Å²) in [6, 6.07) is 6.22. The Labute approximate surface area is 108 Å². The highest BCUT2D eigenvalue weighted by molar-refractivity contribution is 5.39. The molecule has 1 heterocycles. The number of phenols is 1. The molecular formula is C15H21NO2. The van der Waals surface area contributed by atoms with Crippen molar-refractivity contribution in [3.8, 4) is 5.75 Å². The predicted molar refractivity (Wildman–Crippen MR) is 70.7 cm³/mol. The monoisotopic (exact) mass is 247 g/mol. The summed E-state index contributed by atoms with van der Waals surface area (Å²) in [6.45, 7) is 2.88. The second-order valence-electron chi connectivity index (χ2n) is 5.47. The number of ether oxygens (including phenoxy) is 1. The quantitative estimate of drug-likeness (QED) is 0.861. The molecule has 0 radical (unpaired) electrons. The normalized spacial score (nSPS) is 27.1. The van der Waals surface area contributed by atoms with Crippen molar-refractivity contribution < 1.29 is 9.84 Å². The van der Waals surface area contributed by atoms with Crippen LogP contribution in [0.2, 0.25) is 0 Å². The molecule has 0 bridgehead atoms. The Morgan fingerprint density at radius 3 is 3.11 bits per heavy atom. The SMILES string of the molecule is Oc1ccc2c(c1)CCC2NCC1CCCOC1. The zero-order valence-corrected chi connectivity index (χ0v) is 10.7. The van der Waals surface area contributed by atoms with E-state index in [0.29, 0.717) is 17.7 Å². The average Bonchev–Trinajstić information content (AvgIpc) is 2.80. The Bertz CT molecular complexity index is 413. The lowest BCUT2D eigenvalue weighted by Crippen LogP contribution is -2.31. The van der Waals surface area contributed by atoms with Gasteiger partial charge in [0.2, 0.25) is 0 Å². The molecule has 3 nitrogen and oxygen atoms in total. The maximum absolute atomic E-state index is 9.48. The van der Waals surface area contributed by atoms with E-state index in [2.05, 4.69) is 11.4 Å². The minimum Gasteiger partial charge on any atom is -0.508 e. The second-order valence-corrected chi connectivity index (χ2v) is 5.47. The van der Waals surface area contributed by atoms with Crippen molar-refractivity contribution in [2.24, 2.45) is 5.92 Å². The number of benzene rings is 1. The van der Waals surface area contributed by atoms with Gasteiger partial charge in [-0.25, -0.2) is 0 Å². The number of fused-ring (bicyclic) bond motifs is 1. The highest BCUT2D eigenvalue weighted by Gasteiger charge is 2.23. The number of rotatable bonds is 3. The summed E-state index contributed by atoms with van der Waals surface area (Å²) in [5.41, 5.74) is 2.66. The fourth-order valence-corrected chi connectivity index (χ4v) is 3.09. The van der Waals surface area contributed by atoms with Gasteiger partial charge >= 0.3 is 0 Å². The second kappa shape index (κ2) is 5.29. The fourth-order valence-electron chi connectivity index (χ4n) is 3.09. The van der Waals surface area contributed by atoms with E-state index in [4.69, 9.17) is 4.74 Å². The van der Waals surface area contributed by atoms with Gasteiger partial charge in [-0.1, -0.05) is 6.07 Å². The van der Waals surface area contributed by atoms with Crippen LogP contribution in [-0.2, 0) is 11.2 Å². The number of aromatic hydroxyl groups is 1. The summed E-state index contributed by atoms with van der Waals surface area (Å²) in [4.78, 5) is 0. The lowest BCUT2D eigenvalue weighted by Gasteiger charge is -2.24. The van der Waals surface area contributed by atoms with Gasteiger partial charge in [-0.05, 0) is 54.9 Å². The maximum Gasteiger partial charge on any atom is 0.115 e. The Kier molecular flexibility index (Phi) is 3.52. The van der Waals surface area contributed by atoms with Crippen LogP contribution in [0.5, 0.6) is 5.75 Å². The minimum atomic E-state index is 0.384. The van der Waals surface area contributed by atoms with Crippen LogP contribution in [0.4, 0.5) is 0 Å². The van der Waals surface area contributed by atoms with E-state index < -0.39 is 0 Å². The molecule has 1 saturated heterocycles. The molecule has 98 valence electrons. The van der Waals surface area contributed by atoms with Crippen LogP contribution in [0, 0.1) is 5.92 Å². The first kappa shape index (κ1) is 12.0. The molecule has 3 rings (SSSR count). The molecule has 0 aromatic heterocycles. The van der Waals surface area contributed by atoms with Crippen molar-refractivity contribution in [3.05, 3.63) is 29.3 Å². The highest BCUT2D eigenvalue weighted by atomic mass is 16.5. The van der Waals surface area contributed by atoms with E-state index >= 15 is 0 Å². The summed E-state index contributed by atoms with van der Waals surface area (Å²) >= 11 is 0. The Morgan fingerprint density at radius 1 is 1.33 bits per heavy atom. The smallest absolute Gasteiger partial charge is 0.115 e. The molecular weight excluding hydrogens is 226 g/mol. The van der Waals surface area contributed by atoms with Crippen molar-refractivity contribution in [2.45, 2.75) is 31.7 Å². The number of aryl methyl sites for hydroxylation is 1. The highest BCUT2D eigenvalue weighted by Crippen LogP contribution is 2.33. The molecule has 0 amide bonds. The van der Waals surface area contributed by atoms with Crippen LogP contribution in [0.1, 0.15) is 36.4 Å². The van der Waals surface area contributed by atoms with Gasteiger partial charge in [0, 0.05) is 19.2 Å². The molecule has 2 N–H and O–H groups in total. The van der Waals surface area contributed by atoms with Gasteiger partial charge < -0.3 is 15.2 Å². The van der Waals surface area contributed by atoms with Crippen molar-refractivity contribution >= 4 is 0 Å². The lowest BCUT2D eigenvalue weighted by atomic mass is 10.0. The van der Waals surface area contributed by atoms with Crippen molar-refractivity contribution in [1.82, 2.24) is 5.32 Å². The van der Waals surface area contributed by atoms with Gasteiger partial charge in [-0.3, -0.25) is 0 Å². The van der Waals surface area contributed by atoms with Gasteiger partial charge in [0.1, 0.15) is 5.75 Å². The molecule has 2 aliphatic rings. The fraction of sp³-hybridized carbons (Fsp3) is 0.600. The maximum atomic E-state index is 9.48. The van der Waals surface area contributed by atoms with Crippen LogP contribution in [0.15, 0.2) is 18.2 Å². The standard InChI is InChI=1S/C15H21NO2/c17-13-4-5-14-12(8-13)3-6-15(14)16-9-11-2-1-7-18-10-11/h4-5,8,11,15-17H,1-3,6-7,9-10H2. The Hall–Kier alpha value is -1.06. The van der Waals surface area contributed by atoms with Gasteiger partial charge in [0.05, 0.1) is 6.61 Å². The first-order chi connectivity index (χ1) is 8.83. The van der Waals surface area contributed by atoms with Crippen LogP contribution < -0.4 is 5.32 Å². The molecule has 2 atom stereocenters. The van der Waals surface area contributed by atoms with E-state index in [9.17, 15) is 5.11 Å². The molecule has 1 aliphatic carbocycles. The van der Waals surface area contributed by atoms with Crippen LogP contribution >= 0.6 is 0 Å². The molecule has 1 fully saturated rings. The van der Waals surface area contributed by atoms with Crippen LogP contribution in [-0.4, -0.2) is 24.9 Å². The van der Waals surface area contributed by atoms with Crippen molar-refractivity contribution in [2.75, 3.05) is 19.8 Å². The molecule has 3 heteroatoms. The van der Waals surface area contributed by atoms with Gasteiger partial charge in [-0.15, -0.1) is 0 Å². The summed E-state index contributed by atoms with van der Waals surface area (Å²) in [5, 5.41) is 13.1. The molecule has 1 aromatic carbocycles. The van der Waals surface area contributed by atoms with E-state index in [1.807, 2.05) is 6.07 Å². The van der Waals surface area contributed by atoms with Crippen molar-refractivity contribution in [3.63, 3.8) is 0 Å². The van der Waals surface area contributed by atoms with Gasteiger partial charge in [0.25, 0.3) is 0 Å². The van der Waals surface area contributed by atoms with Crippen LogP contribution in [0.25, 0.3) is 0 Å². The van der Waals surface area contributed by atoms with Gasteiger partial charge in [-0.2, -0.15) is 0 Å². The minimum absolute atomic E-state index is 0.384. The molecule has 1 aliphatic heterocycles. The largest absolute Gasteiger partial charge is 0.508 e. The summed E-state index contributed by atoms with van der Waals surface area (Å²) in [7, 11) is 0. The van der Waals surface area contributed by atoms with Crippen LogP contribution in [0.3, 0.4) is 0 Å². The van der Waals surface area contributed by atoms with E-state index in [0.717, 1.165) is 32.6 Å².